The molecule has 0 spiro atoms. The van der Waals surface area contributed by atoms with E-state index in [-0.39, 0.29) is 19.4 Å². The van der Waals surface area contributed by atoms with Crippen molar-refractivity contribution in [2.24, 2.45) is 0 Å². The molecule has 0 aliphatic heterocycles. The third-order valence-corrected chi connectivity index (χ3v) is 5.60. The minimum absolute atomic E-state index is 0.0767. The van der Waals surface area contributed by atoms with Crippen molar-refractivity contribution in [1.29, 1.82) is 0 Å². The number of rotatable bonds is 6. The first-order chi connectivity index (χ1) is 15.6. The van der Waals surface area contributed by atoms with E-state index in [1.54, 1.807) is 29.2 Å². The van der Waals surface area contributed by atoms with Crippen molar-refractivity contribution in [3.8, 4) is 11.1 Å². The Bertz CT molecular complexity index is 1350. The van der Waals surface area contributed by atoms with E-state index in [0.717, 1.165) is 16.5 Å². The van der Waals surface area contributed by atoms with Gasteiger partial charge in [-0.3, -0.25) is 4.79 Å². The highest BCUT2D eigenvalue weighted by atomic mass is 19.3. The zero-order valence-electron chi connectivity index (χ0n) is 18.0. The summed E-state index contributed by atoms with van der Waals surface area (Å²) in [7, 11) is 0. The number of fused-ring (bicyclic) bond motifs is 2. The Morgan fingerprint density at radius 2 is 2.12 bits per heavy atom. The van der Waals surface area contributed by atoms with Crippen LogP contribution in [0.2, 0.25) is 0 Å². The summed E-state index contributed by atoms with van der Waals surface area (Å²) in [5.41, 5.74) is 1.65. The predicted octanol–water partition coefficient (Wildman–Crippen LogP) is 3.96. The Morgan fingerprint density at radius 3 is 2.85 bits per heavy atom. The number of hydrogen-bond acceptors (Lipinski definition) is 5. The maximum atomic E-state index is 13.7. The van der Waals surface area contributed by atoms with Crippen molar-refractivity contribution < 1.29 is 18.0 Å². The molecular formula is C22H22F3N7O. The quantitative estimate of drug-likeness (QED) is 0.407. The number of nitrogens with one attached hydrogen (secondary N) is 3. The Morgan fingerprint density at radius 1 is 1.33 bits per heavy atom. The van der Waals surface area contributed by atoms with Gasteiger partial charge >= 0.3 is 0 Å². The number of nitrogens with zero attached hydrogens (tertiary/aromatic N) is 4. The number of hydrogen-bond donors (Lipinski definition) is 3. The lowest BCUT2D eigenvalue weighted by atomic mass is 9.88. The maximum Gasteiger partial charge on any atom is 0.255 e. The van der Waals surface area contributed by atoms with Gasteiger partial charge in [-0.25, -0.2) is 22.7 Å². The molecule has 11 heteroatoms. The Labute approximate surface area is 186 Å². The van der Waals surface area contributed by atoms with E-state index >= 15 is 0 Å². The molecule has 1 saturated carbocycles. The summed E-state index contributed by atoms with van der Waals surface area (Å²) in [6, 6.07) is 3.11. The number of aromatic nitrogens is 5. The molecule has 1 aliphatic carbocycles. The van der Waals surface area contributed by atoms with Crippen LogP contribution >= 0.6 is 0 Å². The van der Waals surface area contributed by atoms with Gasteiger partial charge in [0.25, 0.3) is 11.8 Å². The van der Waals surface area contributed by atoms with Gasteiger partial charge < -0.3 is 15.6 Å². The van der Waals surface area contributed by atoms with Gasteiger partial charge in [0.1, 0.15) is 11.3 Å². The van der Waals surface area contributed by atoms with Crippen LogP contribution in [0.1, 0.15) is 37.0 Å². The molecule has 8 nitrogen and oxygen atoms in total. The van der Waals surface area contributed by atoms with Crippen LogP contribution in [0, 0.1) is 0 Å². The standard InChI is InChI=1S/C22H22F3N7O/c1-21(2,23)11-28-20-27-9-15-14(8-26-18(15)31-20)12-3-4-32-17(5-12)16(10-29-32)19(33)30-13-6-22(24,25)7-13/h3-5,8-10,13H,6-7,11H2,1-2H3,(H,30,33)(H2,26,27,28,31). The van der Waals surface area contributed by atoms with Crippen molar-refractivity contribution in [1.82, 2.24) is 29.9 Å². The molecule has 0 bridgehead atoms. The van der Waals surface area contributed by atoms with Crippen molar-refractivity contribution in [3.63, 3.8) is 0 Å². The van der Waals surface area contributed by atoms with E-state index in [9.17, 15) is 18.0 Å². The third kappa shape index (κ3) is 4.22. The Hall–Kier alpha value is -3.63. The molecule has 1 aliphatic rings. The van der Waals surface area contributed by atoms with Gasteiger partial charge in [-0.2, -0.15) is 10.1 Å². The van der Waals surface area contributed by atoms with Gasteiger partial charge in [0, 0.05) is 48.4 Å². The highest BCUT2D eigenvalue weighted by Crippen LogP contribution is 2.37. The molecule has 0 unspecified atom stereocenters. The fourth-order valence-corrected chi connectivity index (χ4v) is 3.87. The van der Waals surface area contributed by atoms with E-state index in [0.29, 0.717) is 22.7 Å². The summed E-state index contributed by atoms with van der Waals surface area (Å²) < 4.78 is 41.5. The van der Waals surface area contributed by atoms with Crippen molar-refractivity contribution in [2.45, 2.75) is 44.3 Å². The average molecular weight is 457 g/mol. The molecule has 33 heavy (non-hydrogen) atoms. The summed E-state index contributed by atoms with van der Waals surface area (Å²) in [4.78, 5) is 24.4. The molecule has 0 aromatic carbocycles. The molecule has 4 aromatic heterocycles. The van der Waals surface area contributed by atoms with Crippen molar-refractivity contribution in [3.05, 3.63) is 42.5 Å². The molecule has 0 saturated heterocycles. The maximum absolute atomic E-state index is 13.7. The highest BCUT2D eigenvalue weighted by molar-refractivity contribution is 6.02. The molecule has 3 N–H and O–H groups in total. The molecule has 5 rings (SSSR count). The van der Waals surface area contributed by atoms with Crippen molar-refractivity contribution in [2.75, 3.05) is 11.9 Å². The molecule has 0 atom stereocenters. The first kappa shape index (κ1) is 21.2. The topological polar surface area (TPSA) is 100 Å². The van der Waals surface area contributed by atoms with E-state index in [2.05, 4.69) is 30.7 Å². The van der Waals surface area contributed by atoms with Gasteiger partial charge in [-0.15, -0.1) is 0 Å². The van der Waals surface area contributed by atoms with Crippen LogP contribution in [0.3, 0.4) is 0 Å². The second-order valence-corrected chi connectivity index (χ2v) is 8.97. The number of amides is 1. The first-order valence-electron chi connectivity index (χ1n) is 10.5. The zero-order valence-corrected chi connectivity index (χ0v) is 18.0. The average Bonchev–Trinajstić information content (AvgIpc) is 3.33. The number of aromatic amines is 1. The molecule has 1 amide bonds. The summed E-state index contributed by atoms with van der Waals surface area (Å²) in [6.07, 6.45) is 5.87. The van der Waals surface area contributed by atoms with Crippen LogP contribution in [0.5, 0.6) is 0 Å². The largest absolute Gasteiger partial charge is 0.351 e. The molecule has 1 fully saturated rings. The Balaban J connectivity index is 1.42. The SMILES string of the molecule is CC(C)(F)CNc1ncc2c(-c3ccn4ncc(C(=O)NC5CC(F)(F)C5)c4c3)c[nH]c2n1. The number of H-pyrrole nitrogens is 1. The van der Waals surface area contributed by atoms with E-state index in [4.69, 9.17) is 0 Å². The summed E-state index contributed by atoms with van der Waals surface area (Å²) in [5, 5.41) is 10.5. The van der Waals surface area contributed by atoms with E-state index in [1.165, 1.54) is 20.0 Å². The van der Waals surface area contributed by atoms with Crippen LogP contribution in [0.15, 0.2) is 36.9 Å². The van der Waals surface area contributed by atoms with Crippen LogP contribution < -0.4 is 10.6 Å². The van der Waals surface area contributed by atoms with Gasteiger partial charge in [0.05, 0.1) is 23.8 Å². The molecule has 4 aromatic rings. The first-order valence-corrected chi connectivity index (χ1v) is 10.5. The zero-order chi connectivity index (χ0) is 23.4. The minimum atomic E-state index is -2.71. The minimum Gasteiger partial charge on any atom is -0.351 e. The lowest BCUT2D eigenvalue weighted by molar-refractivity contribution is -0.0901. The molecule has 172 valence electrons. The second kappa shape index (κ2) is 7.46. The molecule has 0 radical (unpaired) electrons. The highest BCUT2D eigenvalue weighted by Gasteiger charge is 2.46. The smallest absolute Gasteiger partial charge is 0.255 e. The number of carbonyl (C=O) groups is 1. The summed E-state index contributed by atoms with van der Waals surface area (Å²) in [6.45, 7) is 3.01. The fourth-order valence-electron chi connectivity index (χ4n) is 3.87. The normalized spacial score (nSPS) is 16.2. The van der Waals surface area contributed by atoms with E-state index < -0.39 is 23.5 Å². The van der Waals surface area contributed by atoms with Gasteiger partial charge in [-0.1, -0.05) is 0 Å². The molecule has 4 heterocycles. The van der Waals surface area contributed by atoms with Crippen LogP contribution in [-0.4, -0.2) is 54.7 Å². The van der Waals surface area contributed by atoms with E-state index in [1.807, 2.05) is 6.07 Å². The van der Waals surface area contributed by atoms with Gasteiger partial charge in [0.15, 0.2) is 0 Å². The lowest BCUT2D eigenvalue weighted by Gasteiger charge is -2.35. The van der Waals surface area contributed by atoms with Gasteiger partial charge in [0.2, 0.25) is 5.95 Å². The predicted molar refractivity (Wildman–Crippen MR) is 117 cm³/mol. The third-order valence-electron chi connectivity index (χ3n) is 5.60. The van der Waals surface area contributed by atoms with Crippen molar-refractivity contribution >= 4 is 28.4 Å². The number of alkyl halides is 3. The van der Waals surface area contributed by atoms with Crippen LogP contribution in [-0.2, 0) is 0 Å². The Kier molecular flexibility index (Phi) is 4.80. The van der Waals surface area contributed by atoms with Crippen LogP contribution in [0.25, 0.3) is 27.7 Å². The molecular weight excluding hydrogens is 435 g/mol. The van der Waals surface area contributed by atoms with Crippen LogP contribution in [0.4, 0.5) is 19.1 Å². The fraction of sp³-hybridized carbons (Fsp3) is 0.364. The lowest BCUT2D eigenvalue weighted by Crippen LogP contribution is -2.50. The number of pyridine rings is 1. The second-order valence-electron chi connectivity index (χ2n) is 8.97. The monoisotopic (exact) mass is 457 g/mol. The number of halogens is 3. The summed E-state index contributed by atoms with van der Waals surface area (Å²) >= 11 is 0. The number of anilines is 1. The van der Waals surface area contributed by atoms with Gasteiger partial charge in [-0.05, 0) is 31.5 Å². The number of carbonyl (C=O) groups excluding carboxylic acids is 1. The summed E-state index contributed by atoms with van der Waals surface area (Å²) in [5.74, 6) is -2.83.